The van der Waals surface area contributed by atoms with E-state index in [4.69, 9.17) is 12.6 Å². The molecule has 0 aliphatic rings. The van der Waals surface area contributed by atoms with Crippen molar-refractivity contribution in [2.24, 2.45) is 0 Å². The van der Waals surface area contributed by atoms with Crippen molar-refractivity contribution in [3.8, 4) is 11.5 Å². The summed E-state index contributed by atoms with van der Waals surface area (Å²) in [7, 11) is 3.36. The molecule has 0 aliphatic heterocycles. The van der Waals surface area contributed by atoms with Crippen LogP contribution >= 0.6 is 0 Å². The molecule has 25 heavy (non-hydrogen) atoms. The molecule has 4 heteroatoms. The van der Waals surface area contributed by atoms with Gasteiger partial charge in [-0.05, 0) is 0 Å². The topological polar surface area (TPSA) is 27.7 Å². The number of methoxy groups -OCH3 is 2. The van der Waals surface area contributed by atoms with Crippen LogP contribution in [0.25, 0.3) is 0 Å². The number of hydrogen-bond donors (Lipinski definition) is 0. The van der Waals surface area contributed by atoms with Gasteiger partial charge in [0.05, 0.1) is 0 Å². The Balaban J connectivity index is 1.86. The Labute approximate surface area is 156 Å². The molecule has 0 bridgehead atoms. The molecule has 0 saturated carbocycles. The molecule has 0 aliphatic carbocycles. The summed E-state index contributed by atoms with van der Waals surface area (Å²) >= 11 is -2.16. The molecule has 0 aromatic heterocycles. The molecular formula is C21H21O3Te+. The van der Waals surface area contributed by atoms with Crippen molar-refractivity contribution in [1.82, 2.24) is 0 Å². The van der Waals surface area contributed by atoms with Crippen molar-refractivity contribution in [2.45, 2.75) is 6.61 Å². The van der Waals surface area contributed by atoms with Crippen LogP contribution in [0, 0.1) is 0 Å². The Morgan fingerprint density at radius 2 is 1.12 bits per heavy atom. The summed E-state index contributed by atoms with van der Waals surface area (Å²) in [6.45, 7) is 0.621. The first-order chi connectivity index (χ1) is 12.3. The van der Waals surface area contributed by atoms with Crippen LogP contribution in [-0.2, 0) is 9.71 Å². The molecule has 128 valence electrons. The predicted octanol–water partition coefficient (Wildman–Crippen LogP) is 3.03. The van der Waals surface area contributed by atoms with Gasteiger partial charge in [-0.3, -0.25) is 0 Å². The molecule has 3 rings (SSSR count). The van der Waals surface area contributed by atoms with E-state index < -0.39 is 20.0 Å². The van der Waals surface area contributed by atoms with E-state index in [0.717, 1.165) is 11.5 Å². The van der Waals surface area contributed by atoms with Crippen molar-refractivity contribution >= 4 is 27.2 Å². The summed E-state index contributed by atoms with van der Waals surface area (Å²) in [6, 6.07) is 26.8. The fraction of sp³-hybridized carbons (Fsp3) is 0.143. The predicted molar refractivity (Wildman–Crippen MR) is 102 cm³/mol. The van der Waals surface area contributed by atoms with Gasteiger partial charge in [0, 0.05) is 0 Å². The Morgan fingerprint density at radius 3 is 1.56 bits per heavy atom. The van der Waals surface area contributed by atoms with Crippen LogP contribution in [0.3, 0.4) is 0 Å². The first kappa shape index (κ1) is 17.8. The quantitative estimate of drug-likeness (QED) is 0.520. The first-order valence-corrected chi connectivity index (χ1v) is 11.3. The van der Waals surface area contributed by atoms with E-state index in [0.29, 0.717) is 6.61 Å². The molecule has 0 amide bonds. The van der Waals surface area contributed by atoms with E-state index in [-0.39, 0.29) is 0 Å². The summed E-state index contributed by atoms with van der Waals surface area (Å²) in [5, 5.41) is 0. The second-order valence-electron chi connectivity index (χ2n) is 5.37. The van der Waals surface area contributed by atoms with Gasteiger partial charge >= 0.3 is 157 Å². The van der Waals surface area contributed by atoms with E-state index in [2.05, 4.69) is 36.4 Å². The molecule has 3 aromatic carbocycles. The third-order valence-electron chi connectivity index (χ3n) is 3.73. The molecule has 0 atom stereocenters. The van der Waals surface area contributed by atoms with Crippen LogP contribution in [0.4, 0.5) is 0 Å². The molecule has 3 nitrogen and oxygen atoms in total. The summed E-state index contributed by atoms with van der Waals surface area (Å²) in [5.74, 6) is 1.72. The van der Waals surface area contributed by atoms with E-state index in [1.165, 1.54) is 12.8 Å². The van der Waals surface area contributed by atoms with E-state index in [1.54, 1.807) is 14.2 Å². The van der Waals surface area contributed by atoms with Gasteiger partial charge in [-0.15, -0.1) is 0 Å². The van der Waals surface area contributed by atoms with Crippen LogP contribution in [0.5, 0.6) is 11.5 Å². The zero-order valence-corrected chi connectivity index (χ0v) is 16.7. The minimum absolute atomic E-state index is 0.621. The molecule has 0 saturated heterocycles. The molecule has 0 heterocycles. The standard InChI is InChI=1S/C21H21O3Te/c1-22-18-8-12-20(13-9-18)25(21-14-10-19(23-2)11-15-21)24-16-17-6-4-3-5-7-17/h3-15H,16H2,1-2H3/q+1. The molecule has 0 unspecified atom stereocenters. The average Bonchev–Trinajstić information content (AvgIpc) is 2.70. The zero-order chi connectivity index (χ0) is 17.5. The SMILES string of the molecule is COc1ccc([Te+](OCc2ccccc2)c2ccc(OC)cc2)cc1. The Morgan fingerprint density at radius 1 is 0.640 bits per heavy atom. The van der Waals surface area contributed by atoms with Gasteiger partial charge < -0.3 is 0 Å². The number of rotatable bonds is 7. The van der Waals surface area contributed by atoms with Crippen molar-refractivity contribution in [2.75, 3.05) is 14.2 Å². The maximum absolute atomic E-state index is 6.44. The van der Waals surface area contributed by atoms with Gasteiger partial charge in [-0.25, -0.2) is 0 Å². The summed E-state index contributed by atoms with van der Waals surface area (Å²) in [5.41, 5.74) is 1.19. The monoisotopic (exact) mass is 451 g/mol. The van der Waals surface area contributed by atoms with Gasteiger partial charge in [-0.1, -0.05) is 0 Å². The first-order valence-electron chi connectivity index (χ1n) is 8.00. The van der Waals surface area contributed by atoms with Gasteiger partial charge in [0.25, 0.3) is 0 Å². The zero-order valence-electron chi connectivity index (χ0n) is 14.3. The molecule has 0 radical (unpaired) electrons. The fourth-order valence-electron chi connectivity index (χ4n) is 2.37. The van der Waals surface area contributed by atoms with Crippen LogP contribution < -0.4 is 16.7 Å². The van der Waals surface area contributed by atoms with Crippen LogP contribution in [-0.4, -0.2) is 34.2 Å². The van der Waals surface area contributed by atoms with Crippen molar-refractivity contribution < 1.29 is 12.6 Å². The second kappa shape index (κ2) is 8.92. The van der Waals surface area contributed by atoms with Gasteiger partial charge in [0.2, 0.25) is 0 Å². The van der Waals surface area contributed by atoms with Crippen LogP contribution in [0.15, 0.2) is 78.9 Å². The van der Waals surface area contributed by atoms with E-state index in [1.807, 2.05) is 42.5 Å². The third-order valence-corrected chi connectivity index (χ3v) is 8.74. The Hall–Kier alpha value is -1.99. The molecule has 0 spiro atoms. The molecule has 0 N–H and O–H groups in total. The van der Waals surface area contributed by atoms with Crippen molar-refractivity contribution in [3.05, 3.63) is 84.4 Å². The number of hydrogen-bond acceptors (Lipinski definition) is 3. The van der Waals surface area contributed by atoms with Crippen molar-refractivity contribution in [1.29, 1.82) is 0 Å². The van der Waals surface area contributed by atoms with E-state index in [9.17, 15) is 0 Å². The Kier molecular flexibility index (Phi) is 6.36. The van der Waals surface area contributed by atoms with Crippen molar-refractivity contribution in [3.63, 3.8) is 0 Å². The maximum atomic E-state index is 6.44. The van der Waals surface area contributed by atoms with Crippen LogP contribution in [0.1, 0.15) is 5.56 Å². The fourth-order valence-corrected chi connectivity index (χ4v) is 6.84. The summed E-state index contributed by atoms with van der Waals surface area (Å²) in [6.07, 6.45) is 0. The second-order valence-corrected chi connectivity index (χ2v) is 10.3. The van der Waals surface area contributed by atoms with Gasteiger partial charge in [0.1, 0.15) is 0 Å². The average molecular weight is 449 g/mol. The molecule has 3 aromatic rings. The van der Waals surface area contributed by atoms with Gasteiger partial charge in [0.15, 0.2) is 0 Å². The summed E-state index contributed by atoms with van der Waals surface area (Å²) < 4.78 is 19.5. The van der Waals surface area contributed by atoms with Gasteiger partial charge in [-0.2, -0.15) is 0 Å². The summed E-state index contributed by atoms with van der Waals surface area (Å²) in [4.78, 5) is 0. The number of benzene rings is 3. The third kappa shape index (κ3) is 4.76. The van der Waals surface area contributed by atoms with E-state index >= 15 is 0 Å². The minimum atomic E-state index is -2.16. The normalized spacial score (nSPS) is 10.7. The number of ether oxygens (including phenoxy) is 2. The molecule has 0 fully saturated rings. The molecular weight excluding hydrogens is 428 g/mol. The van der Waals surface area contributed by atoms with Crippen LogP contribution in [0.2, 0.25) is 0 Å². The Bertz CT molecular complexity index is 723.